The van der Waals surface area contributed by atoms with Crippen molar-refractivity contribution in [3.63, 3.8) is 0 Å². The summed E-state index contributed by atoms with van der Waals surface area (Å²) in [5.74, 6) is 1.35. The molecule has 2 rings (SSSR count). The van der Waals surface area contributed by atoms with Crippen LogP contribution < -0.4 is 10.1 Å². The Labute approximate surface area is 121 Å². The molecule has 0 saturated heterocycles. The van der Waals surface area contributed by atoms with Crippen LogP contribution in [0.4, 0.5) is 0 Å². The molecule has 1 aromatic carbocycles. The predicted octanol–water partition coefficient (Wildman–Crippen LogP) is 3.52. The molecule has 1 aromatic heterocycles. The SMILES string of the molecule is CNC(c1ccc(C(C)C)cc1)c1ccncc1OC. The van der Waals surface area contributed by atoms with Crippen LogP contribution in [0.2, 0.25) is 0 Å². The third-order valence-corrected chi connectivity index (χ3v) is 3.57. The van der Waals surface area contributed by atoms with Gasteiger partial charge >= 0.3 is 0 Å². The molecular formula is C17H22N2O. The number of ether oxygens (including phenoxy) is 1. The first-order valence-electron chi connectivity index (χ1n) is 6.92. The van der Waals surface area contributed by atoms with Gasteiger partial charge in [-0.1, -0.05) is 38.1 Å². The first-order valence-corrected chi connectivity index (χ1v) is 6.92. The van der Waals surface area contributed by atoms with Gasteiger partial charge in [0.15, 0.2) is 0 Å². The first kappa shape index (κ1) is 14.5. The quantitative estimate of drug-likeness (QED) is 0.902. The summed E-state index contributed by atoms with van der Waals surface area (Å²) in [5, 5.41) is 3.35. The normalized spacial score (nSPS) is 12.4. The summed E-state index contributed by atoms with van der Waals surface area (Å²) in [4.78, 5) is 4.11. The molecule has 0 bridgehead atoms. The van der Waals surface area contributed by atoms with E-state index in [1.807, 2.05) is 13.1 Å². The standard InChI is InChI=1S/C17H22N2O/c1-12(2)13-5-7-14(8-6-13)17(18-3)15-9-10-19-11-16(15)20-4/h5-12,17-18H,1-4H3. The Morgan fingerprint density at radius 1 is 1.05 bits per heavy atom. The fourth-order valence-corrected chi connectivity index (χ4v) is 2.37. The Balaban J connectivity index is 2.36. The molecule has 0 aliphatic rings. The average Bonchev–Trinajstić information content (AvgIpc) is 2.49. The maximum Gasteiger partial charge on any atom is 0.142 e. The number of rotatable bonds is 5. The highest BCUT2D eigenvalue weighted by Crippen LogP contribution is 2.29. The zero-order valence-electron chi connectivity index (χ0n) is 12.6. The number of nitrogens with zero attached hydrogens (tertiary/aromatic N) is 1. The number of hydrogen-bond acceptors (Lipinski definition) is 3. The van der Waals surface area contributed by atoms with Crippen molar-refractivity contribution in [3.8, 4) is 5.75 Å². The average molecular weight is 270 g/mol. The number of pyridine rings is 1. The molecule has 3 nitrogen and oxygen atoms in total. The van der Waals surface area contributed by atoms with Gasteiger partial charge in [-0.15, -0.1) is 0 Å². The van der Waals surface area contributed by atoms with Crippen molar-refractivity contribution < 1.29 is 4.74 Å². The van der Waals surface area contributed by atoms with E-state index in [4.69, 9.17) is 4.74 Å². The van der Waals surface area contributed by atoms with Crippen LogP contribution >= 0.6 is 0 Å². The lowest BCUT2D eigenvalue weighted by molar-refractivity contribution is 0.403. The molecule has 0 amide bonds. The fourth-order valence-electron chi connectivity index (χ4n) is 2.37. The van der Waals surface area contributed by atoms with E-state index in [1.54, 1.807) is 19.5 Å². The van der Waals surface area contributed by atoms with Gasteiger partial charge in [0.1, 0.15) is 5.75 Å². The minimum Gasteiger partial charge on any atom is -0.495 e. The van der Waals surface area contributed by atoms with E-state index in [2.05, 4.69) is 48.4 Å². The lowest BCUT2D eigenvalue weighted by Gasteiger charge is -2.20. The van der Waals surface area contributed by atoms with Crippen LogP contribution in [0, 0.1) is 0 Å². The highest BCUT2D eigenvalue weighted by atomic mass is 16.5. The fraction of sp³-hybridized carbons (Fsp3) is 0.353. The summed E-state index contributed by atoms with van der Waals surface area (Å²) >= 11 is 0. The molecular weight excluding hydrogens is 248 g/mol. The molecule has 1 heterocycles. The van der Waals surface area contributed by atoms with Crippen LogP contribution in [-0.4, -0.2) is 19.1 Å². The summed E-state index contributed by atoms with van der Waals surface area (Å²) in [7, 11) is 3.63. The second-order valence-corrected chi connectivity index (χ2v) is 5.16. The second-order valence-electron chi connectivity index (χ2n) is 5.16. The Kier molecular flexibility index (Phi) is 4.74. The first-order chi connectivity index (χ1) is 9.67. The van der Waals surface area contributed by atoms with E-state index in [0.29, 0.717) is 5.92 Å². The number of nitrogens with one attached hydrogen (secondary N) is 1. The van der Waals surface area contributed by atoms with Gasteiger partial charge in [-0.25, -0.2) is 0 Å². The molecule has 0 aliphatic carbocycles. The lowest BCUT2D eigenvalue weighted by Crippen LogP contribution is -2.18. The molecule has 0 saturated carbocycles. The van der Waals surface area contributed by atoms with Gasteiger partial charge in [-0.05, 0) is 30.2 Å². The molecule has 3 heteroatoms. The van der Waals surface area contributed by atoms with Gasteiger partial charge in [0.25, 0.3) is 0 Å². The number of aromatic nitrogens is 1. The Morgan fingerprint density at radius 3 is 2.25 bits per heavy atom. The van der Waals surface area contributed by atoms with E-state index >= 15 is 0 Å². The van der Waals surface area contributed by atoms with E-state index in [9.17, 15) is 0 Å². The van der Waals surface area contributed by atoms with Crippen molar-refractivity contribution in [1.29, 1.82) is 0 Å². The molecule has 20 heavy (non-hydrogen) atoms. The van der Waals surface area contributed by atoms with Gasteiger partial charge < -0.3 is 10.1 Å². The highest BCUT2D eigenvalue weighted by Gasteiger charge is 2.16. The van der Waals surface area contributed by atoms with Crippen molar-refractivity contribution >= 4 is 0 Å². The minimum atomic E-state index is 0.106. The summed E-state index contributed by atoms with van der Waals surface area (Å²) in [5.41, 5.74) is 3.67. The lowest BCUT2D eigenvalue weighted by atomic mass is 9.95. The Hall–Kier alpha value is -1.87. The molecule has 1 atom stereocenters. The Morgan fingerprint density at radius 2 is 1.70 bits per heavy atom. The molecule has 1 unspecified atom stereocenters. The summed E-state index contributed by atoms with van der Waals surface area (Å²) < 4.78 is 5.41. The molecule has 2 aromatic rings. The van der Waals surface area contributed by atoms with E-state index in [-0.39, 0.29) is 6.04 Å². The van der Waals surface area contributed by atoms with Gasteiger partial charge in [0.2, 0.25) is 0 Å². The maximum absolute atomic E-state index is 5.41. The van der Waals surface area contributed by atoms with E-state index in [1.165, 1.54) is 11.1 Å². The largest absolute Gasteiger partial charge is 0.495 e. The zero-order valence-corrected chi connectivity index (χ0v) is 12.6. The molecule has 106 valence electrons. The number of hydrogen-bond donors (Lipinski definition) is 1. The van der Waals surface area contributed by atoms with Crippen LogP contribution in [-0.2, 0) is 0 Å². The smallest absolute Gasteiger partial charge is 0.142 e. The van der Waals surface area contributed by atoms with Crippen molar-refractivity contribution in [3.05, 3.63) is 59.4 Å². The number of benzene rings is 1. The van der Waals surface area contributed by atoms with Gasteiger partial charge in [0.05, 0.1) is 19.3 Å². The third kappa shape index (κ3) is 2.99. The van der Waals surface area contributed by atoms with Gasteiger partial charge in [0, 0.05) is 11.8 Å². The van der Waals surface area contributed by atoms with E-state index < -0.39 is 0 Å². The van der Waals surface area contributed by atoms with Crippen LogP contribution in [0.3, 0.4) is 0 Å². The van der Waals surface area contributed by atoms with E-state index in [0.717, 1.165) is 11.3 Å². The van der Waals surface area contributed by atoms with Crippen molar-refractivity contribution in [2.75, 3.05) is 14.2 Å². The second kappa shape index (κ2) is 6.53. The molecule has 0 spiro atoms. The summed E-state index contributed by atoms with van der Waals surface area (Å²) in [6, 6.07) is 10.8. The van der Waals surface area contributed by atoms with Crippen LogP contribution in [0.15, 0.2) is 42.7 Å². The van der Waals surface area contributed by atoms with Crippen LogP contribution in [0.1, 0.15) is 42.5 Å². The Bertz CT molecular complexity index is 549. The van der Waals surface area contributed by atoms with Crippen molar-refractivity contribution in [2.24, 2.45) is 0 Å². The molecule has 0 aliphatic heterocycles. The maximum atomic E-state index is 5.41. The summed E-state index contributed by atoms with van der Waals surface area (Å²) in [6.07, 6.45) is 3.55. The van der Waals surface area contributed by atoms with Crippen molar-refractivity contribution in [2.45, 2.75) is 25.8 Å². The number of methoxy groups -OCH3 is 1. The molecule has 0 radical (unpaired) electrons. The third-order valence-electron chi connectivity index (χ3n) is 3.57. The molecule has 0 fully saturated rings. The van der Waals surface area contributed by atoms with Crippen molar-refractivity contribution in [1.82, 2.24) is 10.3 Å². The van der Waals surface area contributed by atoms with Gasteiger partial charge in [-0.2, -0.15) is 0 Å². The van der Waals surface area contributed by atoms with Crippen LogP contribution in [0.25, 0.3) is 0 Å². The van der Waals surface area contributed by atoms with Crippen LogP contribution in [0.5, 0.6) is 5.75 Å². The zero-order chi connectivity index (χ0) is 14.5. The van der Waals surface area contributed by atoms with Gasteiger partial charge in [-0.3, -0.25) is 4.98 Å². The minimum absolute atomic E-state index is 0.106. The predicted molar refractivity (Wildman–Crippen MR) is 82.2 cm³/mol. The molecule has 1 N–H and O–H groups in total. The monoisotopic (exact) mass is 270 g/mol. The summed E-state index contributed by atoms with van der Waals surface area (Å²) in [6.45, 7) is 4.41. The highest BCUT2D eigenvalue weighted by molar-refractivity contribution is 5.40. The topological polar surface area (TPSA) is 34.2 Å².